The number of hydrogen-bond acceptors (Lipinski definition) is 12. The van der Waals surface area contributed by atoms with Gasteiger partial charge in [0, 0.05) is 36.9 Å². The summed E-state index contributed by atoms with van der Waals surface area (Å²) < 4.78 is 34.3. The zero-order chi connectivity index (χ0) is 40.0. The number of aromatic nitrogens is 2. The van der Waals surface area contributed by atoms with Crippen molar-refractivity contribution in [2.45, 2.75) is 104 Å². The lowest BCUT2D eigenvalue weighted by Gasteiger charge is -2.36. The van der Waals surface area contributed by atoms with Gasteiger partial charge in [0.05, 0.1) is 24.7 Å². The van der Waals surface area contributed by atoms with E-state index in [1.807, 2.05) is 96.2 Å². The molecule has 296 valence electrons. The van der Waals surface area contributed by atoms with Gasteiger partial charge in [-0.1, -0.05) is 119 Å². The van der Waals surface area contributed by atoms with E-state index >= 15 is 0 Å². The van der Waals surface area contributed by atoms with E-state index in [1.165, 1.54) is 12.5 Å². The Kier molecular flexibility index (Phi) is 15.7. The second kappa shape index (κ2) is 20.2. The van der Waals surface area contributed by atoms with Gasteiger partial charge in [-0.2, -0.15) is 0 Å². The molecule has 2 N–H and O–H groups in total. The fourth-order valence-corrected chi connectivity index (χ4v) is 5.68. The van der Waals surface area contributed by atoms with Gasteiger partial charge >= 0.3 is 11.9 Å². The van der Waals surface area contributed by atoms with Gasteiger partial charge in [-0.05, 0) is 13.8 Å². The normalized spacial score (nSPS) is 28.3. The minimum atomic E-state index is -0.880. The molecule has 2 aromatic rings. The number of cyclic esters (lactones) is 2. The standard InChI is InChI=1S/C43H54N2O10/c1-8-18-34(46)42(3,4)36-23-14-12-10-11-13-20-29(50-7)26-39-45-31(28-52-39)41(49)55-37(43(5,6)35(47)19-9-2)24-17-22-33-32(53-33)21-15-16-25-38-44-30(27-51-38)40(48)54-36/h8-22,25,27-29,32-37,46-47H,23-24,26H2,1-7H3/b11-10-,14-12-,18-8+,19-9+,20-13+,21-15+,22-17-,25-16-/t29?,32-,33-,34?,35?,36?,37?/m0/s1. The lowest BCUT2D eigenvalue weighted by molar-refractivity contribution is -0.0461. The highest BCUT2D eigenvalue weighted by Gasteiger charge is 2.40. The molecule has 0 aliphatic carbocycles. The van der Waals surface area contributed by atoms with Crippen LogP contribution in [0.1, 0.15) is 87.1 Å². The van der Waals surface area contributed by atoms with E-state index < -0.39 is 53.3 Å². The smallest absolute Gasteiger partial charge is 0.360 e. The molecule has 2 aliphatic rings. The van der Waals surface area contributed by atoms with E-state index in [0.29, 0.717) is 18.7 Å². The van der Waals surface area contributed by atoms with Gasteiger partial charge in [0.1, 0.15) is 36.9 Å². The minimum absolute atomic E-state index is 0.00780. The number of methoxy groups -OCH3 is 1. The second-order valence-electron chi connectivity index (χ2n) is 14.5. The number of carbonyl (C=O) groups excluding carboxylic acids is 2. The van der Waals surface area contributed by atoms with Crippen molar-refractivity contribution in [3.8, 4) is 0 Å². The molecule has 12 heteroatoms. The SMILES string of the molecule is C/C=C/C(O)C(C)(C)C1C\C=C/C=C\C=C\C(OC)Cc2nc(co2)C(=O)OC(C(C)(C)C(O)/C=C/C)C/C=C\[C@@H]2O[C@H]2/C=C/C=C\c2nc(co2)C(=O)O1. The summed E-state index contributed by atoms with van der Waals surface area (Å²) in [6, 6.07) is 0. The number of ether oxygens (including phenoxy) is 4. The highest BCUT2D eigenvalue weighted by Crippen LogP contribution is 2.34. The van der Waals surface area contributed by atoms with Crippen LogP contribution in [0.25, 0.3) is 6.08 Å². The summed E-state index contributed by atoms with van der Waals surface area (Å²) in [5.41, 5.74) is -1.66. The Labute approximate surface area is 323 Å². The molecule has 0 spiro atoms. The molecule has 1 fully saturated rings. The lowest BCUT2D eigenvalue weighted by Crippen LogP contribution is -2.42. The van der Waals surface area contributed by atoms with Gasteiger partial charge < -0.3 is 38.0 Å². The number of rotatable bonds is 7. The van der Waals surface area contributed by atoms with Crippen LogP contribution in [0.5, 0.6) is 0 Å². The maximum Gasteiger partial charge on any atom is 0.360 e. The molecule has 55 heavy (non-hydrogen) atoms. The van der Waals surface area contributed by atoms with Crippen molar-refractivity contribution in [3.63, 3.8) is 0 Å². The fraction of sp³-hybridized carbons (Fsp3) is 0.442. The molecule has 7 atom stereocenters. The van der Waals surface area contributed by atoms with E-state index in [0.717, 1.165) is 0 Å². The maximum absolute atomic E-state index is 13.3. The second-order valence-corrected chi connectivity index (χ2v) is 14.5. The zero-order valence-corrected chi connectivity index (χ0v) is 32.6. The third kappa shape index (κ3) is 12.3. The summed E-state index contributed by atoms with van der Waals surface area (Å²) in [6.07, 6.45) is 28.0. The van der Waals surface area contributed by atoms with E-state index in [9.17, 15) is 19.8 Å². The first-order chi connectivity index (χ1) is 26.3. The first kappa shape index (κ1) is 42.9. The topological polar surface area (TPSA) is 167 Å². The summed E-state index contributed by atoms with van der Waals surface area (Å²) in [5.74, 6) is -0.828. The third-order valence-corrected chi connectivity index (χ3v) is 9.64. The molecule has 0 radical (unpaired) electrons. The molecule has 0 aromatic carbocycles. The largest absolute Gasteiger partial charge is 0.457 e. The van der Waals surface area contributed by atoms with Crippen LogP contribution in [0.15, 0.2) is 113 Å². The molecular weight excluding hydrogens is 704 g/mol. The zero-order valence-electron chi connectivity index (χ0n) is 32.6. The fourth-order valence-electron chi connectivity index (χ4n) is 5.68. The van der Waals surface area contributed by atoms with Crippen LogP contribution in [0.3, 0.4) is 0 Å². The Balaban J connectivity index is 1.58. The number of epoxide rings is 1. The van der Waals surface area contributed by atoms with Crippen molar-refractivity contribution < 1.29 is 47.6 Å². The van der Waals surface area contributed by atoms with Crippen molar-refractivity contribution in [3.05, 3.63) is 127 Å². The lowest BCUT2D eigenvalue weighted by atomic mass is 9.79. The number of esters is 2. The number of aliphatic hydroxyl groups excluding tert-OH is 2. The van der Waals surface area contributed by atoms with E-state index in [2.05, 4.69) is 9.97 Å². The van der Waals surface area contributed by atoms with E-state index in [-0.39, 0.29) is 35.9 Å². The molecule has 1 saturated heterocycles. The highest BCUT2D eigenvalue weighted by molar-refractivity contribution is 5.87. The van der Waals surface area contributed by atoms with Crippen molar-refractivity contribution in [2.24, 2.45) is 10.8 Å². The Morgan fingerprint density at radius 3 is 1.95 bits per heavy atom. The first-order valence-electron chi connectivity index (χ1n) is 18.4. The Bertz CT molecular complexity index is 1800. The molecule has 4 bridgehead atoms. The summed E-state index contributed by atoms with van der Waals surface area (Å²) >= 11 is 0. The van der Waals surface area contributed by atoms with E-state index in [1.54, 1.807) is 49.6 Å². The highest BCUT2D eigenvalue weighted by atomic mass is 16.6. The minimum Gasteiger partial charge on any atom is -0.457 e. The Morgan fingerprint density at radius 1 is 0.745 bits per heavy atom. The molecule has 0 amide bonds. The van der Waals surface area contributed by atoms with Crippen LogP contribution in [-0.2, 0) is 25.4 Å². The predicted octanol–water partition coefficient (Wildman–Crippen LogP) is 7.25. The number of fused-ring (bicyclic) bond motifs is 5. The number of hydrogen-bond donors (Lipinski definition) is 2. The summed E-state index contributed by atoms with van der Waals surface area (Å²) in [7, 11) is 1.56. The van der Waals surface area contributed by atoms with Gasteiger partial charge in [0.25, 0.3) is 0 Å². The maximum atomic E-state index is 13.3. The predicted molar refractivity (Wildman–Crippen MR) is 208 cm³/mol. The third-order valence-electron chi connectivity index (χ3n) is 9.64. The first-order valence-corrected chi connectivity index (χ1v) is 18.4. The number of carbonyl (C=O) groups is 2. The van der Waals surface area contributed by atoms with Crippen LogP contribution in [0, 0.1) is 10.8 Å². The van der Waals surface area contributed by atoms with Gasteiger partial charge in [-0.3, -0.25) is 0 Å². The molecule has 2 aliphatic heterocycles. The average Bonchev–Trinajstić information content (AvgIpc) is 3.47. The van der Waals surface area contributed by atoms with Crippen molar-refractivity contribution in [1.82, 2.24) is 9.97 Å². The van der Waals surface area contributed by atoms with Crippen molar-refractivity contribution in [2.75, 3.05) is 7.11 Å². The van der Waals surface area contributed by atoms with Crippen molar-refractivity contribution >= 4 is 18.0 Å². The van der Waals surface area contributed by atoms with Gasteiger partial charge in [-0.15, -0.1) is 0 Å². The van der Waals surface area contributed by atoms with Crippen LogP contribution in [0.2, 0.25) is 0 Å². The van der Waals surface area contributed by atoms with Crippen LogP contribution >= 0.6 is 0 Å². The molecule has 12 nitrogen and oxygen atoms in total. The summed E-state index contributed by atoms with van der Waals surface area (Å²) in [4.78, 5) is 35.2. The van der Waals surface area contributed by atoms with E-state index in [4.69, 9.17) is 27.8 Å². The van der Waals surface area contributed by atoms with Crippen LogP contribution in [0.4, 0.5) is 0 Å². The van der Waals surface area contributed by atoms with Crippen LogP contribution in [-0.4, -0.2) is 82.0 Å². The number of allylic oxidation sites excluding steroid dienone is 8. The average molecular weight is 759 g/mol. The molecule has 0 saturated carbocycles. The Hall–Kier alpha value is -4.88. The van der Waals surface area contributed by atoms with Gasteiger partial charge in [0.15, 0.2) is 17.3 Å². The molecular formula is C43H54N2O10. The number of nitrogens with zero attached hydrogens (tertiary/aromatic N) is 2. The van der Waals surface area contributed by atoms with Crippen molar-refractivity contribution in [1.29, 1.82) is 0 Å². The summed E-state index contributed by atoms with van der Waals surface area (Å²) in [5, 5.41) is 21.8. The quantitative estimate of drug-likeness (QED) is 0.165. The number of aliphatic hydroxyl groups is 2. The van der Waals surface area contributed by atoms with Gasteiger partial charge in [0.2, 0.25) is 5.89 Å². The number of oxazole rings is 2. The molecule has 2 aromatic heterocycles. The molecule has 4 rings (SSSR count). The summed E-state index contributed by atoms with van der Waals surface area (Å²) in [6.45, 7) is 11.0. The molecule has 4 heterocycles. The van der Waals surface area contributed by atoms with Gasteiger partial charge in [-0.25, -0.2) is 19.6 Å². The van der Waals surface area contributed by atoms with Crippen LogP contribution < -0.4 is 0 Å². The Morgan fingerprint density at radius 2 is 1.31 bits per heavy atom. The molecule has 5 unspecified atom stereocenters. The monoisotopic (exact) mass is 758 g/mol.